The van der Waals surface area contributed by atoms with Gasteiger partial charge in [-0.05, 0) is 51.8 Å². The zero-order valence-corrected chi connectivity index (χ0v) is 17.0. The summed E-state index contributed by atoms with van der Waals surface area (Å²) in [4.78, 5) is 18.9. The molecule has 0 aliphatic carbocycles. The number of para-hydroxylation sites is 1. The van der Waals surface area contributed by atoms with Crippen LogP contribution in [0.5, 0.6) is 0 Å². The second-order valence-corrected chi connectivity index (χ2v) is 7.44. The Kier molecular flexibility index (Phi) is 5.29. The van der Waals surface area contributed by atoms with Crippen molar-refractivity contribution in [1.82, 2.24) is 24.8 Å². The smallest absolute Gasteiger partial charge is 0.246 e. The predicted molar refractivity (Wildman–Crippen MR) is 110 cm³/mol. The van der Waals surface area contributed by atoms with E-state index in [1.54, 1.807) is 6.08 Å². The molecule has 0 spiro atoms. The SMILES string of the molecule is Cc1noc(C2CCN(C(=O)C=Cc3c(C)nn(-c4ccccc4)c3C)CC2)n1. The topological polar surface area (TPSA) is 77.0 Å². The number of carbonyl (C=O) groups excluding carboxylic acids is 1. The van der Waals surface area contributed by atoms with E-state index in [4.69, 9.17) is 4.52 Å². The van der Waals surface area contributed by atoms with Crippen molar-refractivity contribution in [1.29, 1.82) is 0 Å². The second kappa shape index (κ2) is 8.03. The molecule has 1 saturated heterocycles. The number of hydrogen-bond acceptors (Lipinski definition) is 5. The van der Waals surface area contributed by atoms with Gasteiger partial charge in [-0.2, -0.15) is 10.1 Å². The van der Waals surface area contributed by atoms with E-state index in [9.17, 15) is 4.79 Å². The molecule has 2 aromatic heterocycles. The maximum Gasteiger partial charge on any atom is 0.246 e. The first-order valence-electron chi connectivity index (χ1n) is 9.92. The van der Waals surface area contributed by atoms with E-state index in [1.807, 2.05) is 66.8 Å². The Hall–Kier alpha value is -3.22. The number of piperidine rings is 1. The normalized spacial score (nSPS) is 15.3. The first-order chi connectivity index (χ1) is 14.0. The Morgan fingerprint density at radius 2 is 1.86 bits per heavy atom. The van der Waals surface area contributed by atoms with E-state index < -0.39 is 0 Å². The Balaban J connectivity index is 1.42. The van der Waals surface area contributed by atoms with Gasteiger partial charge in [-0.15, -0.1) is 0 Å². The summed E-state index contributed by atoms with van der Waals surface area (Å²) in [6, 6.07) is 10.0. The number of amides is 1. The summed E-state index contributed by atoms with van der Waals surface area (Å²) in [5.41, 5.74) is 3.92. The zero-order valence-electron chi connectivity index (χ0n) is 17.0. The van der Waals surface area contributed by atoms with Crippen LogP contribution in [0.4, 0.5) is 0 Å². The van der Waals surface area contributed by atoms with Crippen molar-refractivity contribution in [3.63, 3.8) is 0 Å². The standard InChI is InChI=1S/C22H25N5O2/c1-15-20(16(2)27(24-15)19-7-5-4-6-8-19)9-10-21(28)26-13-11-18(12-14-26)22-23-17(3)25-29-22/h4-10,18H,11-14H2,1-3H3. The van der Waals surface area contributed by atoms with Crippen LogP contribution < -0.4 is 0 Å². The van der Waals surface area contributed by atoms with Gasteiger partial charge >= 0.3 is 0 Å². The summed E-state index contributed by atoms with van der Waals surface area (Å²) in [6.45, 7) is 7.19. The molecule has 0 saturated carbocycles. The van der Waals surface area contributed by atoms with Crippen molar-refractivity contribution in [3.05, 3.63) is 65.1 Å². The summed E-state index contributed by atoms with van der Waals surface area (Å²) in [5, 5.41) is 8.50. The monoisotopic (exact) mass is 391 g/mol. The fourth-order valence-corrected chi connectivity index (χ4v) is 3.80. The largest absolute Gasteiger partial charge is 0.339 e. The van der Waals surface area contributed by atoms with Crippen molar-refractivity contribution >= 4 is 12.0 Å². The minimum Gasteiger partial charge on any atom is -0.339 e. The molecule has 3 heterocycles. The quantitative estimate of drug-likeness (QED) is 0.635. The lowest BCUT2D eigenvalue weighted by Gasteiger charge is -2.29. The van der Waals surface area contributed by atoms with E-state index in [1.165, 1.54) is 0 Å². The van der Waals surface area contributed by atoms with Crippen LogP contribution in [0.3, 0.4) is 0 Å². The van der Waals surface area contributed by atoms with Gasteiger partial charge in [0.25, 0.3) is 0 Å². The van der Waals surface area contributed by atoms with Gasteiger partial charge in [0.15, 0.2) is 5.82 Å². The van der Waals surface area contributed by atoms with Crippen molar-refractivity contribution in [2.75, 3.05) is 13.1 Å². The molecule has 0 bridgehead atoms. The van der Waals surface area contributed by atoms with Crippen LogP contribution in [-0.2, 0) is 4.79 Å². The van der Waals surface area contributed by atoms with Crippen LogP contribution in [0.2, 0.25) is 0 Å². The van der Waals surface area contributed by atoms with Gasteiger partial charge in [-0.3, -0.25) is 4.79 Å². The van der Waals surface area contributed by atoms with Gasteiger partial charge in [0.1, 0.15) is 0 Å². The van der Waals surface area contributed by atoms with Crippen molar-refractivity contribution in [2.45, 2.75) is 39.5 Å². The lowest BCUT2D eigenvalue weighted by molar-refractivity contribution is -0.127. The van der Waals surface area contributed by atoms with E-state index >= 15 is 0 Å². The molecule has 0 unspecified atom stereocenters. The molecule has 1 fully saturated rings. The third kappa shape index (κ3) is 3.99. The minimum atomic E-state index is 0.0245. The van der Waals surface area contributed by atoms with Crippen LogP contribution in [0, 0.1) is 20.8 Å². The van der Waals surface area contributed by atoms with Crippen molar-refractivity contribution < 1.29 is 9.32 Å². The number of nitrogens with zero attached hydrogens (tertiary/aromatic N) is 5. The van der Waals surface area contributed by atoms with Crippen LogP contribution >= 0.6 is 0 Å². The number of benzene rings is 1. The summed E-state index contributed by atoms with van der Waals surface area (Å²) >= 11 is 0. The van der Waals surface area contributed by atoms with Crippen molar-refractivity contribution in [3.8, 4) is 5.69 Å². The van der Waals surface area contributed by atoms with E-state index in [2.05, 4.69) is 15.2 Å². The maximum atomic E-state index is 12.7. The lowest BCUT2D eigenvalue weighted by atomic mass is 9.96. The molecule has 0 radical (unpaired) electrons. The van der Waals surface area contributed by atoms with E-state index in [0.29, 0.717) is 24.8 Å². The number of rotatable bonds is 4. The van der Waals surface area contributed by atoms with Gasteiger partial charge in [0.05, 0.1) is 11.4 Å². The molecule has 4 rings (SSSR count). The molecule has 7 heteroatoms. The summed E-state index contributed by atoms with van der Waals surface area (Å²) in [6.07, 6.45) is 5.22. The first kappa shape index (κ1) is 19.1. The average molecular weight is 391 g/mol. The molecule has 1 aromatic carbocycles. The molecule has 7 nitrogen and oxygen atoms in total. The van der Waals surface area contributed by atoms with Gasteiger partial charge < -0.3 is 9.42 Å². The van der Waals surface area contributed by atoms with Gasteiger partial charge in [0, 0.05) is 36.3 Å². The van der Waals surface area contributed by atoms with Crippen molar-refractivity contribution in [2.24, 2.45) is 0 Å². The highest BCUT2D eigenvalue weighted by molar-refractivity contribution is 5.92. The summed E-state index contributed by atoms with van der Waals surface area (Å²) < 4.78 is 7.20. The van der Waals surface area contributed by atoms with Gasteiger partial charge in [-0.25, -0.2) is 4.68 Å². The molecule has 1 aliphatic heterocycles. The predicted octanol–water partition coefficient (Wildman–Crippen LogP) is 3.60. The molecular weight excluding hydrogens is 366 g/mol. The fraction of sp³-hybridized carbons (Fsp3) is 0.364. The Morgan fingerprint density at radius 1 is 1.14 bits per heavy atom. The maximum absolute atomic E-state index is 12.7. The van der Waals surface area contributed by atoms with Crippen LogP contribution in [0.1, 0.15) is 47.4 Å². The zero-order chi connectivity index (χ0) is 20.4. The summed E-state index contributed by atoms with van der Waals surface area (Å²) in [7, 11) is 0. The number of hydrogen-bond donors (Lipinski definition) is 0. The summed E-state index contributed by atoms with van der Waals surface area (Å²) in [5.74, 6) is 1.60. The molecule has 0 atom stereocenters. The third-order valence-corrected chi connectivity index (χ3v) is 5.44. The molecule has 0 N–H and O–H groups in total. The second-order valence-electron chi connectivity index (χ2n) is 7.44. The van der Waals surface area contributed by atoms with Gasteiger partial charge in [0.2, 0.25) is 11.8 Å². The minimum absolute atomic E-state index is 0.0245. The molecule has 150 valence electrons. The molecule has 29 heavy (non-hydrogen) atoms. The fourth-order valence-electron chi connectivity index (χ4n) is 3.80. The number of aromatic nitrogens is 4. The Morgan fingerprint density at radius 3 is 2.52 bits per heavy atom. The number of likely N-dealkylation sites (tertiary alicyclic amines) is 1. The highest BCUT2D eigenvalue weighted by atomic mass is 16.5. The molecule has 1 amide bonds. The number of carbonyl (C=O) groups is 1. The number of aryl methyl sites for hydroxylation is 2. The van der Waals surface area contributed by atoms with Crippen LogP contribution in [-0.4, -0.2) is 43.8 Å². The highest BCUT2D eigenvalue weighted by Crippen LogP contribution is 2.27. The first-order valence-corrected chi connectivity index (χ1v) is 9.92. The van der Waals surface area contributed by atoms with Crippen LogP contribution in [0.25, 0.3) is 11.8 Å². The third-order valence-electron chi connectivity index (χ3n) is 5.44. The molecule has 1 aliphatic rings. The van der Waals surface area contributed by atoms with E-state index in [0.717, 1.165) is 35.5 Å². The van der Waals surface area contributed by atoms with Gasteiger partial charge in [-0.1, -0.05) is 23.4 Å². The molecular formula is C22H25N5O2. The molecule has 3 aromatic rings. The lowest BCUT2D eigenvalue weighted by Crippen LogP contribution is -2.36. The average Bonchev–Trinajstić information content (AvgIpc) is 3.30. The Bertz CT molecular complexity index is 1030. The van der Waals surface area contributed by atoms with Crippen LogP contribution in [0.15, 0.2) is 40.9 Å². The van der Waals surface area contributed by atoms with E-state index in [-0.39, 0.29) is 11.8 Å². The highest BCUT2D eigenvalue weighted by Gasteiger charge is 2.26. The Labute approximate surface area is 170 Å².